The maximum atomic E-state index is 13.2. The van der Waals surface area contributed by atoms with Crippen molar-refractivity contribution in [3.05, 3.63) is 54.5 Å². The quantitative estimate of drug-likeness (QED) is 0.262. The fourth-order valence-electron chi connectivity index (χ4n) is 5.76. The standard InChI is InChI=1S/C31H38F2N8O2/c1-20(39-9-11-40(12-10-39)29(42)43-30(2,3)4)22-7-8-34-27(14-22)38-28-36-25-6-5-23(13-26(25)37-28)24-17-35-41(19-24)18-21-15-31(32,33)16-21/h5-8,13-14,17,19-21H,9-12,15-16,18H2,1-4H3,(H2,34,36,37,38). The van der Waals surface area contributed by atoms with E-state index in [1.165, 1.54) is 0 Å². The molecular formula is C31H38F2N8O2. The number of carbonyl (C=O) groups is 1. The summed E-state index contributed by atoms with van der Waals surface area (Å²) in [6.45, 7) is 11.1. The number of aromatic amines is 1. The lowest BCUT2D eigenvalue weighted by molar-refractivity contribution is -0.114. The number of anilines is 2. The van der Waals surface area contributed by atoms with Crippen LogP contribution in [0.25, 0.3) is 22.2 Å². The number of hydrogen-bond acceptors (Lipinski definition) is 7. The molecule has 43 heavy (non-hydrogen) atoms. The lowest BCUT2D eigenvalue weighted by Gasteiger charge is -2.38. The Morgan fingerprint density at radius 2 is 1.91 bits per heavy atom. The minimum absolute atomic E-state index is 0.0315. The molecule has 6 rings (SSSR count). The first kappa shape index (κ1) is 29.0. The summed E-state index contributed by atoms with van der Waals surface area (Å²) in [7, 11) is 0. The number of piperazine rings is 1. The number of carbonyl (C=O) groups excluding carboxylic acids is 1. The zero-order valence-corrected chi connectivity index (χ0v) is 25.0. The molecule has 2 aliphatic rings. The number of nitrogens with one attached hydrogen (secondary N) is 2. The zero-order valence-electron chi connectivity index (χ0n) is 25.0. The molecule has 12 heteroatoms. The number of hydrogen-bond donors (Lipinski definition) is 2. The van der Waals surface area contributed by atoms with E-state index in [2.05, 4.69) is 37.2 Å². The fourth-order valence-corrected chi connectivity index (χ4v) is 5.76. The number of aromatic nitrogens is 5. The van der Waals surface area contributed by atoms with Crippen molar-refractivity contribution in [3.63, 3.8) is 0 Å². The largest absolute Gasteiger partial charge is 0.444 e. The SMILES string of the molecule is CC(c1ccnc(Nc2nc3ccc(-c4cnn(CC5CC(F)(F)C5)c4)cc3[nH]2)c1)N1CCN(C(=O)OC(C)(C)C)CC1. The van der Waals surface area contributed by atoms with Crippen LogP contribution in [0.15, 0.2) is 48.9 Å². The Bertz CT molecular complexity index is 1590. The van der Waals surface area contributed by atoms with Gasteiger partial charge in [0.05, 0.1) is 17.2 Å². The van der Waals surface area contributed by atoms with E-state index in [1.54, 1.807) is 22.0 Å². The van der Waals surface area contributed by atoms with Gasteiger partial charge in [0.25, 0.3) is 0 Å². The predicted molar refractivity (Wildman–Crippen MR) is 160 cm³/mol. The van der Waals surface area contributed by atoms with Crippen molar-refractivity contribution in [2.24, 2.45) is 5.92 Å². The molecule has 0 spiro atoms. The number of amides is 1. The van der Waals surface area contributed by atoms with Gasteiger partial charge in [0, 0.05) is 69.6 Å². The van der Waals surface area contributed by atoms with Crippen molar-refractivity contribution in [2.45, 2.75) is 64.6 Å². The van der Waals surface area contributed by atoms with Gasteiger partial charge in [-0.05, 0) is 69.0 Å². The van der Waals surface area contributed by atoms with Crippen LogP contribution in [0.2, 0.25) is 0 Å². The number of imidazole rings is 1. The highest BCUT2D eigenvalue weighted by molar-refractivity contribution is 5.83. The second-order valence-electron chi connectivity index (χ2n) is 12.7. The average molecular weight is 593 g/mol. The van der Waals surface area contributed by atoms with E-state index >= 15 is 0 Å². The highest BCUT2D eigenvalue weighted by Crippen LogP contribution is 2.43. The van der Waals surface area contributed by atoms with Gasteiger partial charge in [-0.25, -0.2) is 23.5 Å². The number of nitrogens with zero attached hydrogens (tertiary/aromatic N) is 6. The maximum Gasteiger partial charge on any atom is 0.410 e. The van der Waals surface area contributed by atoms with Crippen molar-refractivity contribution >= 4 is 28.9 Å². The molecule has 228 valence electrons. The molecule has 2 fully saturated rings. The van der Waals surface area contributed by atoms with E-state index < -0.39 is 11.5 Å². The summed E-state index contributed by atoms with van der Waals surface area (Å²) < 4.78 is 33.7. The average Bonchev–Trinajstić information content (AvgIpc) is 3.57. The monoisotopic (exact) mass is 592 g/mol. The second-order valence-corrected chi connectivity index (χ2v) is 12.7. The van der Waals surface area contributed by atoms with Gasteiger partial charge in [0.15, 0.2) is 0 Å². The van der Waals surface area contributed by atoms with Crippen molar-refractivity contribution in [1.29, 1.82) is 0 Å². The minimum atomic E-state index is -2.52. The Labute approximate surface area is 249 Å². The number of rotatable bonds is 7. The van der Waals surface area contributed by atoms with Crippen molar-refractivity contribution < 1.29 is 18.3 Å². The molecule has 2 N–H and O–H groups in total. The number of halogens is 2. The van der Waals surface area contributed by atoms with Gasteiger partial charge < -0.3 is 19.9 Å². The number of ether oxygens (including phenoxy) is 1. The molecule has 1 amide bonds. The van der Waals surface area contributed by atoms with E-state index in [0.29, 0.717) is 31.4 Å². The number of alkyl halides is 2. The van der Waals surface area contributed by atoms with Gasteiger partial charge in [-0.2, -0.15) is 5.10 Å². The van der Waals surface area contributed by atoms with Crippen LogP contribution < -0.4 is 5.32 Å². The van der Waals surface area contributed by atoms with Crippen LogP contribution in [0.3, 0.4) is 0 Å². The summed E-state index contributed by atoms with van der Waals surface area (Å²) >= 11 is 0. The molecule has 1 aromatic carbocycles. The maximum absolute atomic E-state index is 13.2. The van der Waals surface area contributed by atoms with Crippen molar-refractivity contribution in [1.82, 2.24) is 34.5 Å². The predicted octanol–water partition coefficient (Wildman–Crippen LogP) is 6.22. The summed E-state index contributed by atoms with van der Waals surface area (Å²) in [5.74, 6) is -1.29. The van der Waals surface area contributed by atoms with Gasteiger partial charge in [-0.1, -0.05) is 6.07 Å². The molecule has 0 radical (unpaired) electrons. The van der Waals surface area contributed by atoms with Gasteiger partial charge in [0.1, 0.15) is 11.4 Å². The third-order valence-electron chi connectivity index (χ3n) is 8.09. The first-order chi connectivity index (χ1) is 20.4. The molecule has 4 heterocycles. The zero-order chi connectivity index (χ0) is 30.4. The van der Waals surface area contributed by atoms with Crippen molar-refractivity contribution in [3.8, 4) is 11.1 Å². The van der Waals surface area contributed by atoms with Crippen LogP contribution in [-0.4, -0.2) is 78.3 Å². The first-order valence-corrected chi connectivity index (χ1v) is 14.8. The van der Waals surface area contributed by atoms with Gasteiger partial charge in [0.2, 0.25) is 11.9 Å². The Kier molecular flexibility index (Phi) is 7.57. The summed E-state index contributed by atoms with van der Waals surface area (Å²) in [5.41, 5.74) is 4.17. The van der Waals surface area contributed by atoms with Crippen LogP contribution in [0.4, 0.5) is 25.3 Å². The third kappa shape index (κ3) is 6.79. The molecular weight excluding hydrogens is 554 g/mol. The summed E-state index contributed by atoms with van der Waals surface area (Å²) in [4.78, 5) is 29.1. The number of benzene rings is 1. The third-order valence-corrected chi connectivity index (χ3v) is 8.09. The molecule has 1 atom stereocenters. The lowest BCUT2D eigenvalue weighted by atomic mass is 9.81. The first-order valence-electron chi connectivity index (χ1n) is 14.8. The van der Waals surface area contributed by atoms with Crippen molar-refractivity contribution in [2.75, 3.05) is 31.5 Å². The summed E-state index contributed by atoms with van der Waals surface area (Å²) in [6.07, 6.45) is 5.06. The van der Waals surface area contributed by atoms with E-state index in [4.69, 9.17) is 4.74 Å². The number of pyridine rings is 1. The summed E-state index contributed by atoms with van der Waals surface area (Å²) in [5, 5.41) is 7.68. The van der Waals surface area contributed by atoms with Gasteiger partial charge >= 0.3 is 6.09 Å². The molecule has 4 aromatic rings. The van der Waals surface area contributed by atoms with E-state index in [0.717, 1.165) is 40.8 Å². The van der Waals surface area contributed by atoms with Crippen LogP contribution in [0, 0.1) is 5.92 Å². The molecule has 1 saturated carbocycles. The van der Waals surface area contributed by atoms with E-state index in [9.17, 15) is 13.6 Å². The molecule has 0 bridgehead atoms. The molecule has 1 aliphatic carbocycles. The van der Waals surface area contributed by atoms with Crippen LogP contribution in [0.5, 0.6) is 0 Å². The van der Waals surface area contributed by atoms with Gasteiger partial charge in [-0.15, -0.1) is 0 Å². The Morgan fingerprint density at radius 3 is 2.63 bits per heavy atom. The topological polar surface area (TPSA) is 104 Å². The molecule has 3 aromatic heterocycles. The molecule has 1 saturated heterocycles. The second kappa shape index (κ2) is 11.2. The highest BCUT2D eigenvalue weighted by Gasteiger charge is 2.45. The molecule has 10 nitrogen and oxygen atoms in total. The Balaban J connectivity index is 1.08. The lowest BCUT2D eigenvalue weighted by Crippen LogP contribution is -2.50. The fraction of sp³-hybridized carbons (Fsp3) is 0.484. The van der Waals surface area contributed by atoms with Crippen LogP contribution in [0.1, 0.15) is 52.1 Å². The number of H-pyrrole nitrogens is 1. The molecule has 1 unspecified atom stereocenters. The Hall–Kier alpha value is -4.06. The normalized spacial score (nSPS) is 18.4. The highest BCUT2D eigenvalue weighted by atomic mass is 19.3. The Morgan fingerprint density at radius 1 is 1.14 bits per heavy atom. The van der Waals surface area contributed by atoms with E-state index in [-0.39, 0.29) is 30.9 Å². The van der Waals surface area contributed by atoms with Gasteiger partial charge in [-0.3, -0.25) is 9.58 Å². The minimum Gasteiger partial charge on any atom is -0.444 e. The molecule has 1 aliphatic heterocycles. The number of fused-ring (bicyclic) bond motifs is 1. The van der Waals surface area contributed by atoms with Crippen LogP contribution in [-0.2, 0) is 11.3 Å². The van der Waals surface area contributed by atoms with Crippen LogP contribution >= 0.6 is 0 Å². The van der Waals surface area contributed by atoms with E-state index in [1.807, 2.05) is 57.3 Å². The summed E-state index contributed by atoms with van der Waals surface area (Å²) in [6, 6.07) is 10.1. The smallest absolute Gasteiger partial charge is 0.410 e.